The Morgan fingerprint density at radius 2 is 2.03 bits per heavy atom. The summed E-state index contributed by atoms with van der Waals surface area (Å²) in [5.74, 6) is -0.533. The smallest absolute Gasteiger partial charge is 0.277 e. The maximum atomic E-state index is 13.4. The predicted octanol–water partition coefficient (Wildman–Crippen LogP) is 2.28. The third kappa shape index (κ3) is 5.20. The fourth-order valence-corrected chi connectivity index (χ4v) is 4.41. The number of likely N-dealkylation sites (N-methyl/N-ethyl adjacent to an activating group) is 1. The summed E-state index contributed by atoms with van der Waals surface area (Å²) >= 11 is 0. The molecule has 1 fully saturated rings. The number of nitrogens with one attached hydrogen (secondary N) is 1. The summed E-state index contributed by atoms with van der Waals surface area (Å²) in [4.78, 5) is 49.4. The molecule has 3 N–H and O–H groups in total. The zero-order valence-corrected chi connectivity index (χ0v) is 21.0. The fourth-order valence-electron chi connectivity index (χ4n) is 4.41. The number of carbonyl (C=O) groups is 3. The minimum absolute atomic E-state index is 0.0321. The van der Waals surface area contributed by atoms with Crippen LogP contribution in [-0.2, 0) is 16.0 Å². The molecule has 192 valence electrons. The van der Waals surface area contributed by atoms with Crippen molar-refractivity contribution in [2.45, 2.75) is 25.3 Å². The summed E-state index contributed by atoms with van der Waals surface area (Å²) in [5.41, 5.74) is 8.65. The third-order valence-electron chi connectivity index (χ3n) is 6.40. The Labute approximate surface area is 214 Å². The van der Waals surface area contributed by atoms with Crippen LogP contribution in [0.25, 0.3) is 17.1 Å². The Bertz CT molecular complexity index is 1390. The van der Waals surface area contributed by atoms with Crippen LogP contribution in [0.15, 0.2) is 43.8 Å². The second-order valence-electron chi connectivity index (χ2n) is 9.08. The van der Waals surface area contributed by atoms with Gasteiger partial charge in [0.2, 0.25) is 11.8 Å². The van der Waals surface area contributed by atoms with E-state index in [1.54, 1.807) is 41.9 Å². The number of amides is 3. The number of nitrogen functional groups attached to an aromatic ring is 1. The third-order valence-corrected chi connectivity index (χ3v) is 6.40. The van der Waals surface area contributed by atoms with Gasteiger partial charge in [0.25, 0.3) is 5.91 Å². The first kappa shape index (κ1) is 25.5. The molecule has 0 spiro atoms. The lowest BCUT2D eigenvalue weighted by Gasteiger charge is -2.32. The summed E-state index contributed by atoms with van der Waals surface area (Å²) < 4.78 is 1.66. The van der Waals surface area contributed by atoms with Gasteiger partial charge < -0.3 is 20.9 Å². The van der Waals surface area contributed by atoms with E-state index in [0.717, 1.165) is 18.4 Å². The van der Waals surface area contributed by atoms with Gasteiger partial charge in [-0.05, 0) is 42.2 Å². The minimum Gasteiger partial charge on any atom is -0.383 e. The molecule has 1 aliphatic rings. The number of aromatic nitrogens is 4. The molecule has 1 saturated heterocycles. The summed E-state index contributed by atoms with van der Waals surface area (Å²) in [7, 11) is 3.40. The molecule has 3 aromatic rings. The van der Waals surface area contributed by atoms with E-state index < -0.39 is 5.91 Å². The van der Waals surface area contributed by atoms with Crippen LogP contribution in [-0.4, -0.2) is 74.5 Å². The van der Waals surface area contributed by atoms with E-state index in [1.807, 2.05) is 6.07 Å². The Balaban J connectivity index is 1.66. The largest absolute Gasteiger partial charge is 0.383 e. The highest BCUT2D eigenvalue weighted by atomic mass is 16.2. The van der Waals surface area contributed by atoms with Crippen LogP contribution in [0, 0.1) is 0 Å². The molecule has 4 rings (SSSR count). The van der Waals surface area contributed by atoms with Crippen molar-refractivity contribution in [2.24, 2.45) is 0 Å². The molecule has 37 heavy (non-hydrogen) atoms. The highest BCUT2D eigenvalue weighted by molar-refractivity contribution is 6.13. The van der Waals surface area contributed by atoms with Gasteiger partial charge >= 0.3 is 0 Å². The summed E-state index contributed by atoms with van der Waals surface area (Å²) in [5, 5.41) is 7.83. The number of hydrogen-bond donors (Lipinski definition) is 2. The predicted molar refractivity (Wildman–Crippen MR) is 142 cm³/mol. The molecule has 0 saturated carbocycles. The number of fused-ring (bicyclic) bond motifs is 1. The molecule has 1 atom stereocenters. The average molecular weight is 503 g/mol. The molecule has 11 heteroatoms. The monoisotopic (exact) mass is 502 g/mol. The van der Waals surface area contributed by atoms with Crippen LogP contribution in [0.2, 0.25) is 0 Å². The molecule has 2 aromatic heterocycles. The summed E-state index contributed by atoms with van der Waals surface area (Å²) in [6.07, 6.45) is 6.01. The molecule has 3 heterocycles. The molecular weight excluding hydrogens is 472 g/mol. The number of anilines is 2. The van der Waals surface area contributed by atoms with Crippen LogP contribution >= 0.6 is 0 Å². The van der Waals surface area contributed by atoms with E-state index in [-0.39, 0.29) is 35.8 Å². The van der Waals surface area contributed by atoms with Gasteiger partial charge in [0.15, 0.2) is 11.3 Å². The van der Waals surface area contributed by atoms with Crippen LogP contribution in [0.5, 0.6) is 0 Å². The number of piperidine rings is 1. The van der Waals surface area contributed by atoms with Crippen molar-refractivity contribution in [1.82, 2.24) is 29.5 Å². The van der Waals surface area contributed by atoms with Crippen LogP contribution in [0.1, 0.15) is 40.5 Å². The summed E-state index contributed by atoms with van der Waals surface area (Å²) in [6, 6.07) is 5.14. The topological polar surface area (TPSA) is 139 Å². The SMILES string of the molecule is C=CC(=O)N1CCC[C@@H](n2nc(C(=O)Nc3ccc(CC(=O)N(C)C)cc3C=C)c3c(N)ncnc32)C1. The first-order valence-electron chi connectivity index (χ1n) is 11.9. The lowest BCUT2D eigenvalue weighted by atomic mass is 10.1. The number of hydrogen-bond acceptors (Lipinski definition) is 7. The lowest BCUT2D eigenvalue weighted by molar-refractivity contribution is -0.128. The van der Waals surface area contributed by atoms with E-state index in [4.69, 9.17) is 5.73 Å². The van der Waals surface area contributed by atoms with E-state index in [2.05, 4.69) is 33.5 Å². The molecular formula is C26H30N8O3. The number of rotatable bonds is 7. The van der Waals surface area contributed by atoms with E-state index >= 15 is 0 Å². The summed E-state index contributed by atoms with van der Waals surface area (Å²) in [6.45, 7) is 8.46. The fraction of sp³-hybridized carbons (Fsp3) is 0.308. The molecule has 11 nitrogen and oxygen atoms in total. The normalized spacial score (nSPS) is 15.3. The quantitative estimate of drug-likeness (QED) is 0.473. The Kier molecular flexibility index (Phi) is 7.32. The minimum atomic E-state index is -0.486. The number of carbonyl (C=O) groups excluding carboxylic acids is 3. The highest BCUT2D eigenvalue weighted by Crippen LogP contribution is 2.29. The molecule has 0 radical (unpaired) electrons. The number of benzene rings is 1. The van der Waals surface area contributed by atoms with Crippen molar-refractivity contribution in [3.05, 3.63) is 60.6 Å². The average Bonchev–Trinajstić information content (AvgIpc) is 3.30. The van der Waals surface area contributed by atoms with E-state index in [0.29, 0.717) is 35.4 Å². The van der Waals surface area contributed by atoms with Crippen molar-refractivity contribution < 1.29 is 14.4 Å². The van der Waals surface area contributed by atoms with Gasteiger partial charge in [-0.15, -0.1) is 0 Å². The van der Waals surface area contributed by atoms with Gasteiger partial charge in [-0.1, -0.05) is 25.3 Å². The van der Waals surface area contributed by atoms with E-state index in [9.17, 15) is 14.4 Å². The standard InChI is InChI=1S/C26H30N8O3/c1-5-17-12-16(13-21(36)32(3)4)9-10-19(17)30-26(37)23-22-24(27)28-15-29-25(22)34(31-23)18-8-7-11-33(14-18)20(35)6-2/h5-6,9-10,12,15,18H,1-2,7-8,11,13-14H2,3-4H3,(H,30,37)(H2,27,28,29)/t18-/m1/s1. The van der Waals surface area contributed by atoms with Crippen molar-refractivity contribution in [3.8, 4) is 0 Å². The molecule has 0 aliphatic carbocycles. The van der Waals surface area contributed by atoms with Gasteiger partial charge in [0.05, 0.1) is 17.8 Å². The van der Waals surface area contributed by atoms with Gasteiger partial charge in [0, 0.05) is 32.9 Å². The Hall–Kier alpha value is -4.54. The molecule has 3 amide bonds. The zero-order valence-electron chi connectivity index (χ0n) is 21.0. The zero-order chi connectivity index (χ0) is 26.7. The van der Waals surface area contributed by atoms with Crippen molar-refractivity contribution in [1.29, 1.82) is 0 Å². The van der Waals surface area contributed by atoms with Crippen molar-refractivity contribution in [2.75, 3.05) is 38.2 Å². The maximum absolute atomic E-state index is 13.4. The Morgan fingerprint density at radius 3 is 2.73 bits per heavy atom. The number of nitrogens with zero attached hydrogens (tertiary/aromatic N) is 6. The lowest BCUT2D eigenvalue weighted by Crippen LogP contribution is -2.40. The number of likely N-dealkylation sites (tertiary alicyclic amines) is 1. The molecule has 1 aromatic carbocycles. The number of nitrogens with two attached hydrogens (primary N) is 1. The highest BCUT2D eigenvalue weighted by Gasteiger charge is 2.29. The van der Waals surface area contributed by atoms with Crippen LogP contribution < -0.4 is 11.1 Å². The maximum Gasteiger partial charge on any atom is 0.277 e. The van der Waals surface area contributed by atoms with Gasteiger partial charge in [-0.3, -0.25) is 14.4 Å². The van der Waals surface area contributed by atoms with Gasteiger partial charge in [-0.25, -0.2) is 14.6 Å². The van der Waals surface area contributed by atoms with Gasteiger partial charge in [0.1, 0.15) is 12.1 Å². The first-order chi connectivity index (χ1) is 17.7. The first-order valence-corrected chi connectivity index (χ1v) is 11.9. The van der Waals surface area contributed by atoms with Crippen LogP contribution in [0.3, 0.4) is 0 Å². The second-order valence-corrected chi connectivity index (χ2v) is 9.08. The van der Waals surface area contributed by atoms with Crippen LogP contribution in [0.4, 0.5) is 11.5 Å². The molecule has 0 unspecified atom stereocenters. The van der Waals surface area contributed by atoms with E-state index in [1.165, 1.54) is 17.3 Å². The Morgan fingerprint density at radius 1 is 1.24 bits per heavy atom. The molecule has 0 bridgehead atoms. The second kappa shape index (κ2) is 10.6. The van der Waals surface area contributed by atoms with Crippen molar-refractivity contribution in [3.63, 3.8) is 0 Å². The molecule has 1 aliphatic heterocycles. The van der Waals surface area contributed by atoms with Crippen molar-refractivity contribution >= 4 is 46.3 Å². The van der Waals surface area contributed by atoms with Gasteiger partial charge in [-0.2, -0.15) is 5.10 Å².